The van der Waals surface area contributed by atoms with Crippen LogP contribution in [0.4, 0.5) is 11.4 Å². The SMILES string of the molecule is Cc1ccc(-c2ccc(C=Cc3[nH]c(=O)[nH]c(=O)c3[N+](=O)[O-])o2)c([N+](=O)[O-])c1. The lowest BCUT2D eigenvalue weighted by Gasteiger charge is -2.01. The Kier molecular flexibility index (Phi) is 4.73. The van der Waals surface area contributed by atoms with Gasteiger partial charge in [-0.3, -0.25) is 30.0 Å². The Bertz CT molecular complexity index is 1230. The quantitative estimate of drug-likeness (QED) is 0.504. The fourth-order valence-electron chi connectivity index (χ4n) is 2.55. The third-order valence-electron chi connectivity index (χ3n) is 3.78. The van der Waals surface area contributed by atoms with Crippen molar-refractivity contribution in [2.24, 2.45) is 0 Å². The summed E-state index contributed by atoms with van der Waals surface area (Å²) in [6.07, 6.45) is 2.43. The second kappa shape index (κ2) is 7.15. The normalized spacial score (nSPS) is 11.0. The van der Waals surface area contributed by atoms with Crippen molar-refractivity contribution in [3.05, 3.63) is 88.4 Å². The molecule has 28 heavy (non-hydrogen) atoms. The van der Waals surface area contributed by atoms with Crippen molar-refractivity contribution in [2.45, 2.75) is 6.92 Å². The number of aromatic nitrogens is 2. The first-order valence-corrected chi connectivity index (χ1v) is 7.80. The van der Waals surface area contributed by atoms with Crippen LogP contribution in [-0.2, 0) is 0 Å². The molecular formula is C17H12N4O7. The highest BCUT2D eigenvalue weighted by atomic mass is 16.6. The molecule has 0 aliphatic rings. The number of nitro groups is 2. The van der Waals surface area contributed by atoms with Crippen molar-refractivity contribution in [1.29, 1.82) is 0 Å². The predicted octanol–water partition coefficient (Wildman–Crippen LogP) is 2.62. The molecule has 0 atom stereocenters. The molecular weight excluding hydrogens is 372 g/mol. The first kappa shape index (κ1) is 18.5. The smallest absolute Gasteiger partial charge is 0.357 e. The number of hydrogen-bond acceptors (Lipinski definition) is 7. The Labute approximate surface area is 155 Å². The van der Waals surface area contributed by atoms with Crippen molar-refractivity contribution in [2.75, 3.05) is 0 Å². The lowest BCUT2D eigenvalue weighted by atomic mass is 10.1. The molecule has 0 fully saturated rings. The third-order valence-corrected chi connectivity index (χ3v) is 3.78. The number of benzene rings is 1. The maximum absolute atomic E-state index is 11.6. The van der Waals surface area contributed by atoms with E-state index < -0.39 is 26.8 Å². The van der Waals surface area contributed by atoms with E-state index in [1.807, 2.05) is 0 Å². The topological polar surface area (TPSA) is 165 Å². The minimum atomic E-state index is -1.14. The first-order valence-electron chi connectivity index (χ1n) is 7.80. The fraction of sp³-hybridized carbons (Fsp3) is 0.0588. The first-order chi connectivity index (χ1) is 13.3. The summed E-state index contributed by atoms with van der Waals surface area (Å²) in [5.41, 5.74) is -2.30. The lowest BCUT2D eigenvalue weighted by Crippen LogP contribution is -2.25. The van der Waals surface area contributed by atoms with Crippen LogP contribution in [0.5, 0.6) is 0 Å². The molecule has 0 aliphatic heterocycles. The average Bonchev–Trinajstić information content (AvgIpc) is 3.07. The van der Waals surface area contributed by atoms with Gasteiger partial charge in [-0.2, -0.15) is 0 Å². The van der Waals surface area contributed by atoms with Gasteiger partial charge < -0.3 is 9.40 Å². The van der Waals surface area contributed by atoms with Gasteiger partial charge in [0.25, 0.3) is 5.69 Å². The molecule has 2 N–H and O–H groups in total. The number of hydrogen-bond donors (Lipinski definition) is 2. The highest BCUT2D eigenvalue weighted by Gasteiger charge is 2.20. The number of rotatable bonds is 5. The van der Waals surface area contributed by atoms with Crippen molar-refractivity contribution < 1.29 is 14.3 Å². The summed E-state index contributed by atoms with van der Waals surface area (Å²) in [7, 11) is 0. The van der Waals surface area contributed by atoms with Crippen LogP contribution in [0.3, 0.4) is 0 Å². The third kappa shape index (κ3) is 3.62. The summed E-state index contributed by atoms with van der Waals surface area (Å²) in [6, 6.07) is 7.67. The molecule has 11 nitrogen and oxygen atoms in total. The van der Waals surface area contributed by atoms with Crippen LogP contribution in [0, 0.1) is 27.2 Å². The summed E-state index contributed by atoms with van der Waals surface area (Å²) in [5, 5.41) is 22.3. The zero-order valence-electron chi connectivity index (χ0n) is 14.3. The average molecular weight is 384 g/mol. The summed E-state index contributed by atoms with van der Waals surface area (Å²) in [5.74, 6) is 0.431. The van der Waals surface area contributed by atoms with Crippen molar-refractivity contribution in [3.8, 4) is 11.3 Å². The number of H-pyrrole nitrogens is 2. The van der Waals surface area contributed by atoms with Gasteiger partial charge in [0.05, 0.1) is 15.4 Å². The Morgan fingerprint density at radius 2 is 1.75 bits per heavy atom. The molecule has 3 aromatic rings. The van der Waals surface area contributed by atoms with Gasteiger partial charge in [-0.15, -0.1) is 0 Å². The molecule has 0 unspecified atom stereocenters. The van der Waals surface area contributed by atoms with E-state index >= 15 is 0 Å². The van der Waals surface area contributed by atoms with E-state index in [0.717, 1.165) is 6.08 Å². The standard InChI is InChI=1S/C17H12N4O7/c1-9-2-5-11(13(8-9)20(24)25)14-7-4-10(28-14)3-6-12-15(21(26)27)16(22)19-17(23)18-12/h2-8H,1H3,(H2,18,19,22,23). The van der Waals surface area contributed by atoms with Gasteiger partial charge in [-0.25, -0.2) is 4.79 Å². The van der Waals surface area contributed by atoms with E-state index in [1.54, 1.807) is 24.0 Å². The van der Waals surface area contributed by atoms with Crippen LogP contribution >= 0.6 is 0 Å². The Morgan fingerprint density at radius 3 is 2.43 bits per heavy atom. The zero-order chi connectivity index (χ0) is 20.4. The van der Waals surface area contributed by atoms with Crippen LogP contribution in [-0.4, -0.2) is 19.8 Å². The fourth-order valence-corrected chi connectivity index (χ4v) is 2.55. The van der Waals surface area contributed by atoms with Gasteiger partial charge >= 0.3 is 16.9 Å². The maximum atomic E-state index is 11.6. The highest BCUT2D eigenvalue weighted by Crippen LogP contribution is 2.32. The lowest BCUT2D eigenvalue weighted by molar-refractivity contribution is -0.386. The van der Waals surface area contributed by atoms with E-state index in [2.05, 4.69) is 4.98 Å². The molecule has 2 aromatic heterocycles. The number of aryl methyl sites for hydroxylation is 1. The number of nitro benzene ring substituents is 1. The molecule has 0 amide bonds. The number of aromatic amines is 2. The monoisotopic (exact) mass is 384 g/mol. The Hall–Kier alpha value is -4.28. The van der Waals surface area contributed by atoms with Crippen LogP contribution in [0.15, 0.2) is 44.3 Å². The molecule has 0 spiro atoms. The second-order valence-corrected chi connectivity index (χ2v) is 5.74. The van der Waals surface area contributed by atoms with E-state index in [0.29, 0.717) is 5.56 Å². The minimum Gasteiger partial charge on any atom is -0.456 e. The molecule has 11 heteroatoms. The number of furan rings is 1. The second-order valence-electron chi connectivity index (χ2n) is 5.74. The van der Waals surface area contributed by atoms with E-state index in [-0.39, 0.29) is 28.5 Å². The molecule has 0 aliphatic carbocycles. The largest absolute Gasteiger partial charge is 0.456 e. The van der Waals surface area contributed by atoms with Gasteiger partial charge in [0.15, 0.2) is 0 Å². The van der Waals surface area contributed by atoms with E-state index in [1.165, 1.54) is 24.3 Å². The van der Waals surface area contributed by atoms with Crippen LogP contribution < -0.4 is 11.2 Å². The predicted molar refractivity (Wildman–Crippen MR) is 98.8 cm³/mol. The van der Waals surface area contributed by atoms with E-state index in [4.69, 9.17) is 4.42 Å². The molecule has 142 valence electrons. The highest BCUT2D eigenvalue weighted by molar-refractivity contribution is 5.73. The molecule has 3 rings (SSSR count). The molecule has 2 heterocycles. The minimum absolute atomic E-state index is 0.126. The Morgan fingerprint density at radius 1 is 1.00 bits per heavy atom. The van der Waals surface area contributed by atoms with Gasteiger partial charge in [-0.1, -0.05) is 6.07 Å². The van der Waals surface area contributed by atoms with Crippen molar-refractivity contribution >= 4 is 23.5 Å². The maximum Gasteiger partial charge on any atom is 0.357 e. The van der Waals surface area contributed by atoms with E-state index in [9.17, 15) is 29.8 Å². The summed E-state index contributed by atoms with van der Waals surface area (Å²) < 4.78 is 5.54. The van der Waals surface area contributed by atoms with Crippen molar-refractivity contribution in [3.63, 3.8) is 0 Å². The van der Waals surface area contributed by atoms with Gasteiger partial charge in [0.1, 0.15) is 17.2 Å². The van der Waals surface area contributed by atoms with Crippen molar-refractivity contribution in [1.82, 2.24) is 9.97 Å². The van der Waals surface area contributed by atoms with Gasteiger partial charge in [-0.05, 0) is 42.8 Å². The summed E-state index contributed by atoms with van der Waals surface area (Å²) >= 11 is 0. The summed E-state index contributed by atoms with van der Waals surface area (Å²) in [4.78, 5) is 47.7. The zero-order valence-corrected chi connectivity index (χ0v) is 14.3. The molecule has 0 saturated heterocycles. The molecule has 0 bridgehead atoms. The Balaban J connectivity index is 2.00. The van der Waals surface area contributed by atoms with Crippen LogP contribution in [0.1, 0.15) is 17.0 Å². The summed E-state index contributed by atoms with van der Waals surface area (Å²) in [6.45, 7) is 1.72. The van der Waals surface area contributed by atoms with Crippen LogP contribution in [0.2, 0.25) is 0 Å². The molecule has 0 saturated carbocycles. The number of nitrogens with zero attached hydrogens (tertiary/aromatic N) is 2. The molecule has 0 radical (unpaired) electrons. The van der Waals surface area contributed by atoms with Crippen LogP contribution in [0.25, 0.3) is 23.5 Å². The molecule has 1 aromatic carbocycles. The van der Waals surface area contributed by atoms with Gasteiger partial charge in [0.2, 0.25) is 0 Å². The number of nitrogens with one attached hydrogen (secondary N) is 2. The van der Waals surface area contributed by atoms with Gasteiger partial charge in [0, 0.05) is 6.07 Å².